The molecule has 1 unspecified atom stereocenters. The molecule has 32 heavy (non-hydrogen) atoms. The van der Waals surface area contributed by atoms with Crippen molar-refractivity contribution in [3.05, 3.63) is 77.4 Å². The number of ether oxygens (including phenoxy) is 1. The molecule has 1 fully saturated rings. The smallest absolute Gasteiger partial charge is 0.276 e. The van der Waals surface area contributed by atoms with Crippen LogP contribution in [0.5, 0.6) is 0 Å². The number of benzene rings is 2. The average molecular weight is 438 g/mol. The van der Waals surface area contributed by atoms with E-state index < -0.39 is 0 Å². The molecule has 1 atom stereocenters. The van der Waals surface area contributed by atoms with Crippen LogP contribution in [0.4, 0.5) is 4.39 Å². The monoisotopic (exact) mass is 437 g/mol. The summed E-state index contributed by atoms with van der Waals surface area (Å²) in [5.74, 6) is -0.491. The predicted octanol–water partition coefficient (Wildman–Crippen LogP) is 3.08. The highest BCUT2D eigenvalue weighted by Gasteiger charge is 2.28. The van der Waals surface area contributed by atoms with Crippen LogP contribution in [0.2, 0.25) is 0 Å². The standard InChI is InChI=1S/C24H28FN5O2/c1-18(16-28-12-14-32-15-13-28)29(17-20-6-4-3-5-7-20)24(31)23-19(2)30(27-26-23)22-10-8-21(25)9-11-22/h3-11,18H,12-17H2,1-2H3. The van der Waals surface area contributed by atoms with Crippen molar-refractivity contribution in [2.45, 2.75) is 26.4 Å². The highest BCUT2D eigenvalue weighted by atomic mass is 19.1. The molecule has 0 spiro atoms. The molecule has 0 aliphatic carbocycles. The Morgan fingerprint density at radius 1 is 1.12 bits per heavy atom. The van der Waals surface area contributed by atoms with Gasteiger partial charge in [0.15, 0.2) is 5.69 Å². The van der Waals surface area contributed by atoms with Crippen LogP contribution in [0.25, 0.3) is 5.69 Å². The molecular weight excluding hydrogens is 409 g/mol. The van der Waals surface area contributed by atoms with E-state index >= 15 is 0 Å². The highest BCUT2D eigenvalue weighted by Crippen LogP contribution is 2.18. The Morgan fingerprint density at radius 3 is 2.50 bits per heavy atom. The summed E-state index contributed by atoms with van der Waals surface area (Å²) < 4.78 is 20.3. The van der Waals surface area contributed by atoms with Gasteiger partial charge in [-0.25, -0.2) is 9.07 Å². The maximum atomic E-state index is 13.7. The largest absolute Gasteiger partial charge is 0.379 e. The molecule has 1 aliphatic rings. The van der Waals surface area contributed by atoms with Crippen LogP contribution in [0.3, 0.4) is 0 Å². The number of amides is 1. The maximum Gasteiger partial charge on any atom is 0.276 e. The molecule has 1 amide bonds. The first-order valence-corrected chi connectivity index (χ1v) is 10.9. The van der Waals surface area contributed by atoms with E-state index in [1.807, 2.05) is 42.2 Å². The van der Waals surface area contributed by atoms with Gasteiger partial charge in [0.05, 0.1) is 24.6 Å². The second-order valence-corrected chi connectivity index (χ2v) is 8.09. The van der Waals surface area contributed by atoms with Gasteiger partial charge in [-0.15, -0.1) is 5.10 Å². The van der Waals surface area contributed by atoms with Crippen molar-refractivity contribution in [2.75, 3.05) is 32.8 Å². The van der Waals surface area contributed by atoms with E-state index in [4.69, 9.17) is 4.74 Å². The number of hydrogen-bond donors (Lipinski definition) is 0. The molecule has 0 N–H and O–H groups in total. The Balaban J connectivity index is 1.59. The minimum absolute atomic E-state index is 0.0313. The fourth-order valence-electron chi connectivity index (χ4n) is 3.95. The normalized spacial score (nSPS) is 15.5. The molecule has 2 aromatic carbocycles. The summed E-state index contributed by atoms with van der Waals surface area (Å²) in [6.45, 7) is 8.25. The number of aromatic nitrogens is 3. The lowest BCUT2D eigenvalue weighted by atomic mass is 10.1. The summed E-state index contributed by atoms with van der Waals surface area (Å²) in [5, 5.41) is 8.37. The fourth-order valence-corrected chi connectivity index (χ4v) is 3.95. The molecule has 0 bridgehead atoms. The van der Waals surface area contributed by atoms with Crippen molar-refractivity contribution in [2.24, 2.45) is 0 Å². The van der Waals surface area contributed by atoms with Crippen molar-refractivity contribution in [3.8, 4) is 5.69 Å². The second-order valence-electron chi connectivity index (χ2n) is 8.09. The lowest BCUT2D eigenvalue weighted by Gasteiger charge is -2.35. The van der Waals surface area contributed by atoms with Crippen molar-refractivity contribution in [1.29, 1.82) is 0 Å². The third-order valence-electron chi connectivity index (χ3n) is 5.78. The van der Waals surface area contributed by atoms with Crippen LogP contribution in [-0.4, -0.2) is 69.6 Å². The fraction of sp³-hybridized carbons (Fsp3) is 0.375. The minimum atomic E-state index is -0.325. The van der Waals surface area contributed by atoms with Crippen LogP contribution in [0.1, 0.15) is 28.7 Å². The van der Waals surface area contributed by atoms with Gasteiger partial charge < -0.3 is 9.64 Å². The zero-order valence-corrected chi connectivity index (χ0v) is 18.4. The van der Waals surface area contributed by atoms with Crippen molar-refractivity contribution in [3.63, 3.8) is 0 Å². The average Bonchev–Trinajstić information content (AvgIpc) is 3.20. The SMILES string of the molecule is Cc1c(C(=O)N(Cc2ccccc2)C(C)CN2CCOCC2)nnn1-c1ccc(F)cc1. The Bertz CT molecular complexity index is 1030. The van der Waals surface area contributed by atoms with Gasteiger partial charge in [-0.3, -0.25) is 9.69 Å². The van der Waals surface area contributed by atoms with E-state index in [-0.39, 0.29) is 17.8 Å². The van der Waals surface area contributed by atoms with E-state index in [2.05, 4.69) is 22.1 Å². The van der Waals surface area contributed by atoms with Gasteiger partial charge in [0.25, 0.3) is 5.91 Å². The minimum Gasteiger partial charge on any atom is -0.379 e. The zero-order chi connectivity index (χ0) is 22.5. The summed E-state index contributed by atoms with van der Waals surface area (Å²) in [4.78, 5) is 17.8. The summed E-state index contributed by atoms with van der Waals surface area (Å²) in [5.41, 5.74) is 2.64. The number of carbonyl (C=O) groups excluding carboxylic acids is 1. The molecular formula is C24H28FN5O2. The van der Waals surface area contributed by atoms with Gasteiger partial charge in [0.1, 0.15) is 5.82 Å². The van der Waals surface area contributed by atoms with Gasteiger partial charge in [0, 0.05) is 32.2 Å². The first-order chi connectivity index (χ1) is 15.5. The summed E-state index contributed by atoms with van der Waals surface area (Å²) in [6, 6.07) is 15.9. The molecule has 1 aromatic heterocycles. The van der Waals surface area contributed by atoms with Gasteiger partial charge in [-0.2, -0.15) is 0 Å². The number of hydrogen-bond acceptors (Lipinski definition) is 5. The molecule has 3 aromatic rings. The first-order valence-electron chi connectivity index (χ1n) is 10.9. The third-order valence-corrected chi connectivity index (χ3v) is 5.78. The molecule has 2 heterocycles. The van der Waals surface area contributed by atoms with Gasteiger partial charge >= 0.3 is 0 Å². The number of halogens is 1. The number of nitrogens with zero attached hydrogens (tertiary/aromatic N) is 5. The third kappa shape index (κ3) is 5.03. The van der Waals surface area contributed by atoms with Crippen LogP contribution >= 0.6 is 0 Å². The topological polar surface area (TPSA) is 63.5 Å². The maximum absolute atomic E-state index is 13.7. The van der Waals surface area contributed by atoms with E-state index in [1.54, 1.807) is 16.8 Å². The highest BCUT2D eigenvalue weighted by molar-refractivity contribution is 5.93. The van der Waals surface area contributed by atoms with Crippen LogP contribution in [0, 0.1) is 12.7 Å². The second kappa shape index (κ2) is 10.0. The van der Waals surface area contributed by atoms with Gasteiger partial charge in [0.2, 0.25) is 0 Å². The number of rotatable bonds is 7. The molecule has 1 aliphatic heterocycles. The van der Waals surface area contributed by atoms with Gasteiger partial charge in [-0.05, 0) is 43.7 Å². The van der Waals surface area contributed by atoms with E-state index in [9.17, 15) is 9.18 Å². The zero-order valence-electron chi connectivity index (χ0n) is 18.4. The van der Waals surface area contributed by atoms with E-state index in [0.717, 1.165) is 25.2 Å². The lowest BCUT2D eigenvalue weighted by Crippen LogP contribution is -2.48. The van der Waals surface area contributed by atoms with E-state index in [0.29, 0.717) is 36.8 Å². The predicted molar refractivity (Wildman–Crippen MR) is 119 cm³/mol. The quantitative estimate of drug-likeness (QED) is 0.569. The molecule has 1 saturated heterocycles. The first kappa shape index (κ1) is 22.1. The molecule has 4 rings (SSSR count). The molecule has 0 radical (unpaired) electrons. The summed E-state index contributed by atoms with van der Waals surface area (Å²) in [6.07, 6.45) is 0. The van der Waals surface area contributed by atoms with Crippen LogP contribution in [-0.2, 0) is 11.3 Å². The molecule has 8 heteroatoms. The summed E-state index contributed by atoms with van der Waals surface area (Å²) in [7, 11) is 0. The van der Waals surface area contributed by atoms with Crippen LogP contribution in [0.15, 0.2) is 54.6 Å². The molecule has 0 saturated carbocycles. The lowest BCUT2D eigenvalue weighted by molar-refractivity contribution is 0.0227. The van der Waals surface area contributed by atoms with Crippen molar-refractivity contribution < 1.29 is 13.9 Å². The Kier molecular flexibility index (Phi) is 6.92. The number of carbonyl (C=O) groups is 1. The van der Waals surface area contributed by atoms with Crippen LogP contribution < -0.4 is 0 Å². The molecule has 7 nitrogen and oxygen atoms in total. The van der Waals surface area contributed by atoms with Crippen molar-refractivity contribution in [1.82, 2.24) is 24.8 Å². The number of morpholine rings is 1. The van der Waals surface area contributed by atoms with Crippen molar-refractivity contribution >= 4 is 5.91 Å². The Hall–Kier alpha value is -3.10. The Morgan fingerprint density at radius 2 is 1.81 bits per heavy atom. The summed E-state index contributed by atoms with van der Waals surface area (Å²) >= 11 is 0. The van der Waals surface area contributed by atoms with Gasteiger partial charge in [-0.1, -0.05) is 35.5 Å². The molecule has 168 valence electrons. The Labute approximate surface area is 187 Å². The van der Waals surface area contributed by atoms with E-state index in [1.165, 1.54) is 12.1 Å².